The first-order valence-corrected chi connectivity index (χ1v) is 7.75. The molecule has 0 amide bonds. The molecule has 1 unspecified atom stereocenters. The van der Waals surface area contributed by atoms with E-state index in [0.29, 0.717) is 13.2 Å². The number of thiol groups is 1. The number of rotatable bonds is 8. The predicted molar refractivity (Wildman–Crippen MR) is 91.6 cm³/mol. The topological polar surface area (TPSA) is 35.5 Å². The summed E-state index contributed by atoms with van der Waals surface area (Å²) in [4.78, 5) is 11.3. The van der Waals surface area contributed by atoms with E-state index in [-0.39, 0.29) is 17.6 Å². The Labute approximate surface area is 136 Å². The van der Waals surface area contributed by atoms with Crippen molar-refractivity contribution in [1.29, 1.82) is 0 Å². The summed E-state index contributed by atoms with van der Waals surface area (Å²) >= 11 is 4.05. The number of ether oxygens (including phenoxy) is 2. The van der Waals surface area contributed by atoms with E-state index in [2.05, 4.69) is 24.8 Å². The molecule has 22 heavy (non-hydrogen) atoms. The molecule has 2 aromatic rings. The van der Waals surface area contributed by atoms with Crippen molar-refractivity contribution in [2.75, 3.05) is 19.8 Å². The summed E-state index contributed by atoms with van der Waals surface area (Å²) in [5.41, 5.74) is 2.33. The Bertz CT molecular complexity index is 579. The SMILES string of the molecule is CC(S)C(=O)COCCOc1ccc(-c2ccccc2)cc1. The Morgan fingerprint density at radius 1 is 1.00 bits per heavy atom. The van der Waals surface area contributed by atoms with Crippen LogP contribution in [0.3, 0.4) is 0 Å². The van der Waals surface area contributed by atoms with Crippen LogP contribution in [-0.2, 0) is 9.53 Å². The number of carbonyl (C=O) groups is 1. The van der Waals surface area contributed by atoms with E-state index in [9.17, 15) is 4.79 Å². The molecule has 0 aromatic heterocycles. The summed E-state index contributed by atoms with van der Waals surface area (Å²) in [5, 5.41) is -0.286. The zero-order valence-corrected chi connectivity index (χ0v) is 13.5. The lowest BCUT2D eigenvalue weighted by molar-refractivity contribution is -0.122. The van der Waals surface area contributed by atoms with Crippen LogP contribution in [-0.4, -0.2) is 30.9 Å². The van der Waals surface area contributed by atoms with E-state index in [1.165, 1.54) is 5.56 Å². The molecule has 4 heteroatoms. The molecule has 0 spiro atoms. The van der Waals surface area contributed by atoms with Crippen molar-refractivity contribution in [3.05, 3.63) is 54.6 Å². The van der Waals surface area contributed by atoms with Gasteiger partial charge in [0.1, 0.15) is 19.0 Å². The van der Waals surface area contributed by atoms with Crippen molar-refractivity contribution < 1.29 is 14.3 Å². The van der Waals surface area contributed by atoms with Crippen molar-refractivity contribution >= 4 is 18.4 Å². The van der Waals surface area contributed by atoms with Crippen molar-refractivity contribution in [3.8, 4) is 16.9 Å². The van der Waals surface area contributed by atoms with Crippen LogP contribution in [0, 0.1) is 0 Å². The average molecular weight is 316 g/mol. The van der Waals surface area contributed by atoms with Crippen LogP contribution in [0.5, 0.6) is 5.75 Å². The van der Waals surface area contributed by atoms with Gasteiger partial charge >= 0.3 is 0 Å². The van der Waals surface area contributed by atoms with Gasteiger partial charge < -0.3 is 9.47 Å². The average Bonchev–Trinajstić information content (AvgIpc) is 2.55. The van der Waals surface area contributed by atoms with Crippen molar-refractivity contribution in [1.82, 2.24) is 0 Å². The number of carbonyl (C=O) groups excluding carboxylic acids is 1. The largest absolute Gasteiger partial charge is 0.491 e. The molecule has 2 rings (SSSR count). The van der Waals surface area contributed by atoms with E-state index in [4.69, 9.17) is 9.47 Å². The fraction of sp³-hybridized carbons (Fsp3) is 0.278. The van der Waals surface area contributed by atoms with Crippen LogP contribution in [0.25, 0.3) is 11.1 Å². The monoisotopic (exact) mass is 316 g/mol. The Morgan fingerprint density at radius 3 is 2.27 bits per heavy atom. The summed E-state index contributed by atoms with van der Waals surface area (Å²) < 4.78 is 10.8. The first-order valence-electron chi connectivity index (χ1n) is 7.23. The third kappa shape index (κ3) is 5.20. The lowest BCUT2D eigenvalue weighted by atomic mass is 10.1. The molecule has 0 aliphatic carbocycles. The minimum Gasteiger partial charge on any atom is -0.491 e. The van der Waals surface area contributed by atoms with E-state index in [1.807, 2.05) is 42.5 Å². The van der Waals surface area contributed by atoms with Gasteiger partial charge in [-0.25, -0.2) is 0 Å². The molecular formula is C18H20O3S. The van der Waals surface area contributed by atoms with Gasteiger partial charge in [0.2, 0.25) is 0 Å². The summed E-state index contributed by atoms with van der Waals surface area (Å²) in [7, 11) is 0. The van der Waals surface area contributed by atoms with E-state index >= 15 is 0 Å². The highest BCUT2D eigenvalue weighted by atomic mass is 32.1. The van der Waals surface area contributed by atoms with Gasteiger partial charge in [0.25, 0.3) is 0 Å². The number of ketones is 1. The van der Waals surface area contributed by atoms with Gasteiger partial charge in [-0.15, -0.1) is 0 Å². The smallest absolute Gasteiger partial charge is 0.170 e. The molecule has 0 saturated carbocycles. The highest BCUT2D eigenvalue weighted by Gasteiger charge is 2.07. The molecule has 0 aliphatic heterocycles. The molecule has 2 aromatic carbocycles. The molecule has 116 valence electrons. The Balaban J connectivity index is 1.74. The Kier molecular flexibility index (Phi) is 6.49. The first-order chi connectivity index (χ1) is 10.7. The number of hydrogen-bond donors (Lipinski definition) is 1. The lowest BCUT2D eigenvalue weighted by Gasteiger charge is -2.08. The van der Waals surface area contributed by atoms with Crippen molar-refractivity contribution in [2.45, 2.75) is 12.2 Å². The van der Waals surface area contributed by atoms with Gasteiger partial charge in [-0.2, -0.15) is 12.6 Å². The molecule has 3 nitrogen and oxygen atoms in total. The van der Waals surface area contributed by atoms with Crippen LogP contribution >= 0.6 is 12.6 Å². The normalized spacial score (nSPS) is 11.9. The molecule has 1 atom stereocenters. The summed E-state index contributed by atoms with van der Waals surface area (Å²) in [6, 6.07) is 18.1. The Hall–Kier alpha value is -1.78. The molecule has 0 N–H and O–H groups in total. The van der Waals surface area contributed by atoms with Crippen LogP contribution in [0.2, 0.25) is 0 Å². The number of benzene rings is 2. The van der Waals surface area contributed by atoms with Gasteiger partial charge in [0.15, 0.2) is 5.78 Å². The minimum absolute atomic E-state index is 0.0180. The van der Waals surface area contributed by atoms with Gasteiger partial charge in [-0.3, -0.25) is 4.79 Å². The fourth-order valence-corrected chi connectivity index (χ4v) is 1.96. The van der Waals surface area contributed by atoms with E-state index in [1.54, 1.807) is 6.92 Å². The molecule has 0 bridgehead atoms. The quantitative estimate of drug-likeness (QED) is 0.596. The molecule has 0 fully saturated rings. The zero-order valence-electron chi connectivity index (χ0n) is 12.6. The molecule has 0 heterocycles. The number of hydrogen-bond acceptors (Lipinski definition) is 4. The second-order valence-corrected chi connectivity index (χ2v) is 5.71. The summed E-state index contributed by atoms with van der Waals surface area (Å²) in [6.07, 6.45) is 0. The highest BCUT2D eigenvalue weighted by molar-refractivity contribution is 7.81. The molecule has 0 aliphatic rings. The first kappa shape index (κ1) is 16.6. The van der Waals surface area contributed by atoms with Crippen molar-refractivity contribution in [3.63, 3.8) is 0 Å². The fourth-order valence-electron chi connectivity index (χ4n) is 1.89. The Morgan fingerprint density at radius 2 is 1.64 bits per heavy atom. The predicted octanol–water partition coefficient (Wildman–Crippen LogP) is 3.64. The standard InChI is InChI=1S/C18H20O3S/c1-14(22)18(19)13-20-11-12-21-17-9-7-16(8-10-17)15-5-3-2-4-6-15/h2-10,14,22H,11-13H2,1H3. The maximum Gasteiger partial charge on any atom is 0.170 e. The van der Waals surface area contributed by atoms with Crippen molar-refractivity contribution in [2.24, 2.45) is 0 Å². The van der Waals surface area contributed by atoms with Crippen LogP contribution < -0.4 is 4.74 Å². The second-order valence-electron chi connectivity index (χ2n) is 4.93. The van der Waals surface area contributed by atoms with Gasteiger partial charge in [-0.05, 0) is 30.2 Å². The third-order valence-corrected chi connectivity index (χ3v) is 3.46. The van der Waals surface area contributed by atoms with Gasteiger partial charge in [0, 0.05) is 0 Å². The molecule has 0 saturated heterocycles. The third-order valence-electron chi connectivity index (χ3n) is 3.17. The lowest BCUT2D eigenvalue weighted by Crippen LogP contribution is -2.19. The van der Waals surface area contributed by atoms with Crippen LogP contribution in [0.1, 0.15) is 6.92 Å². The summed E-state index contributed by atoms with van der Waals surface area (Å²) in [5.74, 6) is 0.771. The van der Waals surface area contributed by atoms with E-state index in [0.717, 1.165) is 11.3 Å². The maximum atomic E-state index is 11.3. The maximum absolute atomic E-state index is 11.3. The highest BCUT2D eigenvalue weighted by Crippen LogP contribution is 2.21. The minimum atomic E-state index is -0.286. The molecular weight excluding hydrogens is 296 g/mol. The second kappa shape index (κ2) is 8.61. The summed E-state index contributed by atoms with van der Waals surface area (Å²) in [6.45, 7) is 2.62. The van der Waals surface area contributed by atoms with E-state index < -0.39 is 0 Å². The number of Topliss-reactive ketones (excluding diaryl/α,β-unsaturated/α-hetero) is 1. The van der Waals surface area contributed by atoms with Gasteiger partial charge in [0.05, 0.1) is 11.9 Å². The molecule has 0 radical (unpaired) electrons. The van der Waals surface area contributed by atoms with Crippen LogP contribution in [0.15, 0.2) is 54.6 Å². The van der Waals surface area contributed by atoms with Crippen LogP contribution in [0.4, 0.5) is 0 Å². The van der Waals surface area contributed by atoms with Gasteiger partial charge in [-0.1, -0.05) is 42.5 Å². The zero-order chi connectivity index (χ0) is 15.8.